The van der Waals surface area contributed by atoms with E-state index in [1.807, 2.05) is 0 Å². The highest BCUT2D eigenvalue weighted by atomic mass is 35.5. The Morgan fingerprint density at radius 3 is 2.46 bits per heavy atom. The van der Waals surface area contributed by atoms with Crippen molar-refractivity contribution in [1.29, 1.82) is 0 Å². The molecule has 1 atom stereocenters. The summed E-state index contributed by atoms with van der Waals surface area (Å²) < 4.78 is 0. The van der Waals surface area contributed by atoms with Crippen LogP contribution in [0.5, 0.6) is 0 Å². The van der Waals surface area contributed by atoms with Crippen LogP contribution in [0.3, 0.4) is 0 Å². The third kappa shape index (κ3) is 5.09. The van der Waals surface area contributed by atoms with Gasteiger partial charge < -0.3 is 11.1 Å². The van der Waals surface area contributed by atoms with Gasteiger partial charge in [-0.1, -0.05) is 25.3 Å². The summed E-state index contributed by atoms with van der Waals surface area (Å²) in [4.78, 5) is 16.4. The van der Waals surface area contributed by atoms with Gasteiger partial charge >= 0.3 is 0 Å². The van der Waals surface area contributed by atoms with Crippen molar-refractivity contribution in [2.24, 2.45) is 5.73 Å². The lowest BCUT2D eigenvalue weighted by atomic mass is 9.82. The molecule has 0 aromatic carbocycles. The molecule has 1 saturated heterocycles. The van der Waals surface area contributed by atoms with Gasteiger partial charge in [-0.3, -0.25) is 9.69 Å². The smallest absolute Gasteiger partial charge is 0.240 e. The SMILES string of the molecule is Cl.Cl.NC1(C(=O)NCC(c2cccs2)N2CCCC2)CCCCC1. The highest BCUT2D eigenvalue weighted by Crippen LogP contribution is 2.29. The van der Waals surface area contributed by atoms with Crippen LogP contribution in [-0.4, -0.2) is 36.0 Å². The minimum Gasteiger partial charge on any atom is -0.353 e. The summed E-state index contributed by atoms with van der Waals surface area (Å²) in [6, 6.07) is 4.58. The highest BCUT2D eigenvalue weighted by molar-refractivity contribution is 7.10. The first-order valence-corrected chi connectivity index (χ1v) is 9.42. The maximum absolute atomic E-state index is 12.6. The normalized spacial score (nSPS) is 21.4. The van der Waals surface area contributed by atoms with E-state index in [2.05, 4.69) is 27.7 Å². The molecule has 1 aliphatic heterocycles. The molecule has 0 bridgehead atoms. The predicted molar refractivity (Wildman–Crippen MR) is 105 cm³/mol. The van der Waals surface area contributed by atoms with Gasteiger partial charge in [0.25, 0.3) is 0 Å². The number of nitrogens with one attached hydrogen (secondary N) is 1. The lowest BCUT2D eigenvalue weighted by molar-refractivity contribution is -0.127. The van der Waals surface area contributed by atoms with Crippen LogP contribution in [0.25, 0.3) is 0 Å². The predicted octanol–water partition coefficient (Wildman–Crippen LogP) is 3.51. The van der Waals surface area contributed by atoms with Crippen LogP contribution in [0.1, 0.15) is 55.9 Å². The van der Waals surface area contributed by atoms with Crippen molar-refractivity contribution in [3.63, 3.8) is 0 Å². The molecule has 1 unspecified atom stereocenters. The van der Waals surface area contributed by atoms with Gasteiger partial charge in [0.2, 0.25) is 5.91 Å². The molecule has 4 nitrogen and oxygen atoms in total. The Morgan fingerprint density at radius 2 is 1.88 bits per heavy atom. The number of carbonyl (C=O) groups is 1. The molecule has 0 radical (unpaired) electrons. The summed E-state index contributed by atoms with van der Waals surface area (Å²) in [5.74, 6) is 0.0490. The molecular weight excluding hydrogens is 365 g/mol. The number of hydrogen-bond acceptors (Lipinski definition) is 4. The topological polar surface area (TPSA) is 58.4 Å². The van der Waals surface area contributed by atoms with E-state index in [9.17, 15) is 4.79 Å². The van der Waals surface area contributed by atoms with Gasteiger partial charge in [0, 0.05) is 11.4 Å². The number of likely N-dealkylation sites (tertiary alicyclic amines) is 1. The highest BCUT2D eigenvalue weighted by Gasteiger charge is 2.36. The quantitative estimate of drug-likeness (QED) is 0.804. The number of nitrogens with two attached hydrogens (primary N) is 1. The molecular formula is C17H29Cl2N3OS. The van der Waals surface area contributed by atoms with E-state index < -0.39 is 5.54 Å². The summed E-state index contributed by atoms with van der Waals surface area (Å²) in [5.41, 5.74) is 5.70. The molecule has 1 aromatic heterocycles. The average molecular weight is 394 g/mol. The first-order chi connectivity index (χ1) is 10.7. The number of halogens is 2. The van der Waals surface area contributed by atoms with Crippen molar-refractivity contribution in [3.8, 4) is 0 Å². The molecule has 3 N–H and O–H groups in total. The molecule has 1 aromatic rings. The van der Waals surface area contributed by atoms with E-state index in [-0.39, 0.29) is 30.7 Å². The Labute approximate surface area is 161 Å². The van der Waals surface area contributed by atoms with Gasteiger partial charge in [0.1, 0.15) is 0 Å². The van der Waals surface area contributed by atoms with Crippen LogP contribution in [0.15, 0.2) is 17.5 Å². The molecule has 1 aliphatic carbocycles. The van der Waals surface area contributed by atoms with Crippen LogP contribution in [0.2, 0.25) is 0 Å². The van der Waals surface area contributed by atoms with Gasteiger partial charge in [0.15, 0.2) is 0 Å². The first kappa shape index (κ1) is 21.7. The molecule has 138 valence electrons. The molecule has 1 saturated carbocycles. The number of carbonyl (C=O) groups excluding carboxylic acids is 1. The minimum absolute atomic E-state index is 0. The molecule has 3 rings (SSSR count). The second-order valence-corrected chi connectivity index (χ2v) is 7.68. The maximum atomic E-state index is 12.6. The Bertz CT molecular complexity index is 486. The zero-order valence-electron chi connectivity index (χ0n) is 14.0. The summed E-state index contributed by atoms with van der Waals surface area (Å²) >= 11 is 1.78. The standard InChI is InChI=1S/C17H27N3OS.2ClH/c18-17(8-2-1-3-9-17)16(21)19-13-14(15-7-6-12-22-15)20-10-4-5-11-20;;/h6-7,12,14H,1-5,8-11,13,18H2,(H,19,21);2*1H. The molecule has 2 fully saturated rings. The van der Waals surface area contributed by atoms with Crippen molar-refractivity contribution in [1.82, 2.24) is 10.2 Å². The second kappa shape index (κ2) is 9.97. The third-order valence-corrected chi connectivity index (χ3v) is 6.08. The fourth-order valence-electron chi connectivity index (χ4n) is 3.72. The van der Waals surface area contributed by atoms with E-state index in [0.29, 0.717) is 12.6 Å². The molecule has 24 heavy (non-hydrogen) atoms. The van der Waals surface area contributed by atoms with Crippen LogP contribution >= 0.6 is 36.2 Å². The van der Waals surface area contributed by atoms with Crippen LogP contribution in [0.4, 0.5) is 0 Å². The Kier molecular flexibility index (Phi) is 9.02. The summed E-state index contributed by atoms with van der Waals surface area (Å²) in [5, 5.41) is 5.28. The third-order valence-electron chi connectivity index (χ3n) is 5.11. The molecule has 2 heterocycles. The molecule has 2 aliphatic rings. The average Bonchev–Trinajstić information content (AvgIpc) is 3.22. The fourth-order valence-corrected chi connectivity index (χ4v) is 4.58. The van der Waals surface area contributed by atoms with Crippen molar-refractivity contribution in [2.75, 3.05) is 19.6 Å². The van der Waals surface area contributed by atoms with E-state index in [1.54, 1.807) is 11.3 Å². The molecule has 0 spiro atoms. The van der Waals surface area contributed by atoms with Gasteiger partial charge in [-0.2, -0.15) is 0 Å². The maximum Gasteiger partial charge on any atom is 0.240 e. The van der Waals surface area contributed by atoms with Gasteiger partial charge in [-0.05, 0) is 50.2 Å². The first-order valence-electron chi connectivity index (χ1n) is 8.54. The minimum atomic E-state index is -0.636. The zero-order valence-corrected chi connectivity index (χ0v) is 16.5. The Hall–Kier alpha value is -0.330. The fraction of sp³-hybridized carbons (Fsp3) is 0.706. The van der Waals surface area contributed by atoms with Crippen LogP contribution in [0, 0.1) is 0 Å². The van der Waals surface area contributed by atoms with E-state index in [0.717, 1.165) is 38.8 Å². The van der Waals surface area contributed by atoms with E-state index in [1.165, 1.54) is 24.1 Å². The summed E-state index contributed by atoms with van der Waals surface area (Å²) in [6.45, 7) is 2.94. The lowest BCUT2D eigenvalue weighted by Gasteiger charge is -2.33. The Morgan fingerprint density at radius 1 is 1.21 bits per heavy atom. The van der Waals surface area contributed by atoms with Gasteiger partial charge in [-0.15, -0.1) is 36.2 Å². The number of thiophene rings is 1. The largest absolute Gasteiger partial charge is 0.353 e. The van der Waals surface area contributed by atoms with Gasteiger partial charge in [0.05, 0.1) is 11.6 Å². The molecule has 7 heteroatoms. The lowest BCUT2D eigenvalue weighted by Crippen LogP contribution is -2.56. The van der Waals surface area contributed by atoms with E-state index in [4.69, 9.17) is 5.73 Å². The molecule has 1 amide bonds. The summed E-state index contributed by atoms with van der Waals surface area (Å²) in [6.07, 6.45) is 7.53. The van der Waals surface area contributed by atoms with Crippen molar-refractivity contribution in [3.05, 3.63) is 22.4 Å². The van der Waals surface area contributed by atoms with Crippen molar-refractivity contribution >= 4 is 42.1 Å². The zero-order chi connectivity index (χ0) is 15.4. The van der Waals surface area contributed by atoms with Crippen molar-refractivity contribution in [2.45, 2.75) is 56.5 Å². The summed E-state index contributed by atoms with van der Waals surface area (Å²) in [7, 11) is 0. The number of amides is 1. The monoisotopic (exact) mass is 393 g/mol. The van der Waals surface area contributed by atoms with Crippen LogP contribution < -0.4 is 11.1 Å². The number of nitrogens with zero attached hydrogens (tertiary/aromatic N) is 1. The van der Waals surface area contributed by atoms with Crippen LogP contribution in [-0.2, 0) is 4.79 Å². The number of hydrogen-bond donors (Lipinski definition) is 2. The van der Waals surface area contributed by atoms with Crippen molar-refractivity contribution < 1.29 is 4.79 Å². The Balaban J connectivity index is 0.00000144. The van der Waals surface area contributed by atoms with E-state index >= 15 is 0 Å². The second-order valence-electron chi connectivity index (χ2n) is 6.70. The van der Waals surface area contributed by atoms with Gasteiger partial charge in [-0.25, -0.2) is 0 Å². The number of rotatable bonds is 5.